The Morgan fingerprint density at radius 2 is 0.633 bits per heavy atom. The number of carbonyl (C=O) groups excluding carboxylic acids is 1. The summed E-state index contributed by atoms with van der Waals surface area (Å²) in [4.78, 5) is 11.9. The van der Waals surface area contributed by atoms with E-state index in [2.05, 4.69) is 8.37 Å². The molecule has 0 aliphatic heterocycles. The number of hydrogen-bond donors (Lipinski definition) is 2. The summed E-state index contributed by atoms with van der Waals surface area (Å²) < 4.78 is 396. The zero-order valence-electron chi connectivity index (χ0n) is 48.0. The molecule has 0 radical (unpaired) electrons. The summed E-state index contributed by atoms with van der Waals surface area (Å²) in [5.41, 5.74) is -10.9. The fourth-order valence-corrected chi connectivity index (χ4v) is 12.2. The summed E-state index contributed by atoms with van der Waals surface area (Å²) in [7, 11) is -17.4. The average molecular weight is 1470 g/mol. The number of rotatable bonds is 20. The van der Waals surface area contributed by atoms with Crippen LogP contribution in [0.1, 0.15) is 27.0 Å². The molecular formula is C61H30F16O17S4. The van der Waals surface area contributed by atoms with Gasteiger partial charge in [-0.25, -0.2) is 35.1 Å². The molecule has 0 atom stereocenters. The van der Waals surface area contributed by atoms with Gasteiger partial charge in [-0.15, -0.1) is 0 Å². The maximum absolute atomic E-state index is 15.8. The van der Waals surface area contributed by atoms with E-state index in [4.69, 9.17) is 18.9 Å². The van der Waals surface area contributed by atoms with Gasteiger partial charge in [0.05, 0.1) is 46.3 Å². The summed E-state index contributed by atoms with van der Waals surface area (Å²) in [6.45, 7) is 0. The first-order chi connectivity index (χ1) is 45.8. The second-order valence-electron chi connectivity index (χ2n) is 20.3. The molecule has 0 saturated carbocycles. The molecule has 98 heavy (non-hydrogen) atoms. The van der Waals surface area contributed by atoms with Gasteiger partial charge >= 0.3 is 0 Å². The Bertz CT molecular complexity index is 5430. The smallest absolute Gasteiger partial charge is 0.296 e. The normalized spacial score (nSPS) is 12.2. The lowest BCUT2D eigenvalue weighted by Crippen LogP contribution is -2.09. The standard InChI is InChI=1S/C61H30F16O17S4/c1-89-97(85,86)31-12-14-34-28(18-31)19-32(98(87,88)90-2)20-36(34)94-61-55(76)47(68)40(48(69)56(61)77)38-43(64)51(72)59(52(73)44(38)65)92-30-10-6-26(7-11-30)57(78)25-4-8-29(9-5-25)91-58-49(70)41(62)37(42(63)50(58)71)39-45(66)53(74)60(54(75)46(39)67)93-35-17-24(22-96(82,83)84)16-27-15-23(3-13-33(27)35)21-95(79,80)81/h3-20H,21-22H2,1-2H3,(H,79,80,81)(H,82,83,84). The van der Waals surface area contributed by atoms with Gasteiger partial charge in [0, 0.05) is 28.0 Å². The highest BCUT2D eigenvalue weighted by Crippen LogP contribution is 2.48. The summed E-state index contributed by atoms with van der Waals surface area (Å²) >= 11 is 0. The lowest BCUT2D eigenvalue weighted by Gasteiger charge is -2.17. The molecule has 0 bridgehead atoms. The Hall–Kier alpha value is -9.89. The van der Waals surface area contributed by atoms with Crippen molar-refractivity contribution in [1.82, 2.24) is 0 Å². The minimum atomic E-state index is -4.91. The molecule has 10 aromatic rings. The highest BCUT2D eigenvalue weighted by molar-refractivity contribution is 7.87. The van der Waals surface area contributed by atoms with E-state index >= 15 is 70.2 Å². The van der Waals surface area contributed by atoms with Crippen LogP contribution in [0.5, 0.6) is 46.0 Å². The van der Waals surface area contributed by atoms with Crippen molar-refractivity contribution in [3.05, 3.63) is 225 Å². The Labute approximate surface area is 538 Å². The molecule has 2 N–H and O–H groups in total. The summed E-state index contributed by atoms with van der Waals surface area (Å²) in [5.74, 6) is -57.3. The Balaban J connectivity index is 0.867. The molecule has 0 heterocycles. The van der Waals surface area contributed by atoms with Crippen molar-refractivity contribution in [2.24, 2.45) is 0 Å². The van der Waals surface area contributed by atoms with Gasteiger partial charge in [0.15, 0.2) is 52.3 Å². The molecule has 0 aromatic heterocycles. The number of fused-ring (bicyclic) bond motifs is 2. The second kappa shape index (κ2) is 26.2. The molecule has 0 saturated heterocycles. The van der Waals surface area contributed by atoms with Crippen LogP contribution >= 0.6 is 0 Å². The molecule has 17 nitrogen and oxygen atoms in total. The topological polar surface area (TPSA) is 249 Å². The molecule has 512 valence electrons. The number of halogens is 16. The molecule has 0 amide bonds. The Morgan fingerprint density at radius 3 is 0.990 bits per heavy atom. The third kappa shape index (κ3) is 13.4. The van der Waals surface area contributed by atoms with E-state index < -0.39 is 240 Å². The molecule has 0 spiro atoms. The van der Waals surface area contributed by atoms with Gasteiger partial charge in [-0.3, -0.25) is 22.3 Å². The van der Waals surface area contributed by atoms with Gasteiger partial charge in [-0.1, -0.05) is 12.1 Å². The van der Waals surface area contributed by atoms with Crippen molar-refractivity contribution in [1.29, 1.82) is 0 Å². The number of ether oxygens (including phenoxy) is 4. The van der Waals surface area contributed by atoms with E-state index in [0.29, 0.717) is 19.2 Å². The van der Waals surface area contributed by atoms with Gasteiger partial charge in [-0.05, 0) is 113 Å². The first-order valence-electron chi connectivity index (χ1n) is 26.3. The van der Waals surface area contributed by atoms with Crippen LogP contribution in [0.3, 0.4) is 0 Å². The van der Waals surface area contributed by atoms with E-state index in [1.54, 1.807) is 0 Å². The highest BCUT2D eigenvalue weighted by Gasteiger charge is 2.39. The van der Waals surface area contributed by atoms with E-state index in [1.165, 1.54) is 0 Å². The van der Waals surface area contributed by atoms with Crippen molar-refractivity contribution in [2.75, 3.05) is 14.2 Å². The van der Waals surface area contributed by atoms with Gasteiger partial charge in [0.25, 0.3) is 40.5 Å². The fourth-order valence-electron chi connectivity index (χ4n) is 9.64. The largest absolute Gasteiger partial charge is 0.451 e. The summed E-state index contributed by atoms with van der Waals surface area (Å²) in [5, 5.41) is -1.30. The van der Waals surface area contributed by atoms with E-state index in [9.17, 15) is 47.6 Å². The molecule has 10 rings (SSSR count). The highest BCUT2D eigenvalue weighted by atomic mass is 32.2. The third-order valence-electron chi connectivity index (χ3n) is 14.1. The molecule has 10 aromatic carbocycles. The van der Waals surface area contributed by atoms with Crippen LogP contribution in [0.15, 0.2) is 119 Å². The summed E-state index contributed by atoms with van der Waals surface area (Å²) in [6, 6.07) is 14.9. The number of benzene rings is 10. The molecule has 0 aliphatic rings. The molecule has 0 aliphatic carbocycles. The summed E-state index contributed by atoms with van der Waals surface area (Å²) in [6.07, 6.45) is 0. The number of carbonyl (C=O) groups is 1. The van der Waals surface area contributed by atoms with Crippen LogP contribution in [0.2, 0.25) is 0 Å². The SMILES string of the molecule is COS(=O)(=O)c1ccc2c(Oc3c(F)c(F)c(-c4c(F)c(F)c(Oc5ccc(C(=O)c6ccc(Oc7c(F)c(F)c(-c8c(F)c(F)c(Oc9cc(CS(=O)(=O)O)cc%10cc(CS(=O)(=O)O)ccc9%10)c(F)c8F)c(F)c7F)cc6)cc5)c(F)c4F)c(F)c3F)cc(S(=O)(=O)OC)cc2c1. The van der Waals surface area contributed by atoms with E-state index in [0.717, 1.165) is 104 Å². The monoisotopic (exact) mass is 1470 g/mol. The predicted molar refractivity (Wildman–Crippen MR) is 306 cm³/mol. The molecule has 0 unspecified atom stereocenters. The fraction of sp³-hybridized carbons (Fsp3) is 0.0656. The lowest BCUT2D eigenvalue weighted by atomic mass is 10.0. The van der Waals surface area contributed by atoms with Crippen LogP contribution in [-0.2, 0) is 60.3 Å². The van der Waals surface area contributed by atoms with Gasteiger partial charge in [0.1, 0.15) is 34.5 Å². The predicted octanol–water partition coefficient (Wildman–Crippen LogP) is 15.4. The number of ketones is 1. The third-order valence-corrected chi connectivity index (χ3v) is 18.0. The minimum absolute atomic E-state index is 0.171. The van der Waals surface area contributed by atoms with Crippen molar-refractivity contribution >= 4 is 67.8 Å². The molecule has 37 heteroatoms. The van der Waals surface area contributed by atoms with Gasteiger partial charge in [0.2, 0.25) is 69.5 Å². The quantitative estimate of drug-likeness (QED) is 0.0237. The maximum Gasteiger partial charge on any atom is 0.296 e. The average Bonchev–Trinajstić information content (AvgIpc) is 0.750. The van der Waals surface area contributed by atoms with Crippen LogP contribution in [-0.4, -0.2) is 62.8 Å². The Morgan fingerprint density at radius 1 is 0.337 bits per heavy atom. The minimum Gasteiger partial charge on any atom is -0.451 e. The van der Waals surface area contributed by atoms with Gasteiger partial charge < -0.3 is 18.9 Å². The van der Waals surface area contributed by atoms with Crippen LogP contribution in [0, 0.1) is 93.1 Å². The van der Waals surface area contributed by atoms with Crippen LogP contribution < -0.4 is 18.9 Å². The van der Waals surface area contributed by atoms with Crippen LogP contribution in [0.4, 0.5) is 70.2 Å². The van der Waals surface area contributed by atoms with Crippen molar-refractivity contribution in [3.63, 3.8) is 0 Å². The first kappa shape index (κ1) is 70.9. The van der Waals surface area contributed by atoms with Crippen LogP contribution in [0.25, 0.3) is 43.8 Å². The van der Waals surface area contributed by atoms with E-state index in [-0.39, 0.29) is 32.8 Å². The second-order valence-corrected chi connectivity index (χ2v) is 26.6. The van der Waals surface area contributed by atoms with Crippen molar-refractivity contribution in [2.45, 2.75) is 21.3 Å². The maximum atomic E-state index is 15.8. The van der Waals surface area contributed by atoms with Crippen molar-refractivity contribution in [3.8, 4) is 68.2 Å². The van der Waals surface area contributed by atoms with Gasteiger partial charge in [-0.2, -0.15) is 68.8 Å². The molecular weight excluding hydrogens is 1440 g/mol. The van der Waals surface area contributed by atoms with E-state index in [1.807, 2.05) is 0 Å². The van der Waals surface area contributed by atoms with Crippen molar-refractivity contribution < 1.29 is 145 Å². The first-order valence-corrected chi connectivity index (χ1v) is 32.4. The zero-order chi connectivity index (χ0) is 71.9. The lowest BCUT2D eigenvalue weighted by molar-refractivity contribution is 0.103. The zero-order valence-corrected chi connectivity index (χ0v) is 51.3. The Kier molecular flexibility index (Phi) is 18.9. The number of hydrogen-bond acceptors (Lipinski definition) is 15. The molecule has 0 fully saturated rings.